The van der Waals surface area contributed by atoms with Gasteiger partial charge in [0.05, 0.1) is 29.0 Å². The van der Waals surface area contributed by atoms with Crippen molar-refractivity contribution in [2.24, 2.45) is 0 Å². The van der Waals surface area contributed by atoms with Crippen LogP contribution in [-0.2, 0) is 22.4 Å². The Bertz CT molecular complexity index is 720. The van der Waals surface area contributed by atoms with Crippen LogP contribution in [-0.4, -0.2) is 22.5 Å². The Hall–Kier alpha value is -2.23. The molecule has 0 aliphatic rings. The van der Waals surface area contributed by atoms with E-state index in [9.17, 15) is 4.79 Å². The summed E-state index contributed by atoms with van der Waals surface area (Å²) in [5, 5.41) is 0. The fraction of sp³-hybridized carbons (Fsp3) is 0.389. The molecule has 0 saturated carbocycles. The molecule has 0 spiro atoms. The van der Waals surface area contributed by atoms with Crippen LogP contribution in [0.1, 0.15) is 44.6 Å². The van der Waals surface area contributed by atoms with Crippen LogP contribution >= 0.6 is 0 Å². The number of esters is 1. The number of ether oxygens (including phenoxy) is 1. The number of rotatable bonds is 5. The van der Waals surface area contributed by atoms with E-state index in [2.05, 4.69) is 18.8 Å². The fourth-order valence-electron chi connectivity index (χ4n) is 2.38. The Morgan fingerprint density at radius 2 is 1.73 bits per heavy atom. The van der Waals surface area contributed by atoms with Crippen molar-refractivity contribution >= 4 is 22.6 Å². The second-order valence-corrected chi connectivity index (χ2v) is 5.11. The van der Waals surface area contributed by atoms with Gasteiger partial charge in [0.15, 0.2) is 0 Å². The van der Waals surface area contributed by atoms with Gasteiger partial charge in [-0.15, -0.1) is 0 Å². The average Bonchev–Trinajstić information content (AvgIpc) is 2.52. The van der Waals surface area contributed by atoms with Gasteiger partial charge in [-0.1, -0.05) is 19.9 Å². The Labute approximate surface area is 131 Å². The molecule has 4 heteroatoms. The first-order valence-electron chi connectivity index (χ1n) is 7.74. The highest BCUT2D eigenvalue weighted by molar-refractivity contribution is 5.92. The van der Waals surface area contributed by atoms with Crippen LogP contribution in [0.4, 0.5) is 0 Å². The van der Waals surface area contributed by atoms with Gasteiger partial charge in [-0.2, -0.15) is 0 Å². The minimum Gasteiger partial charge on any atom is -0.463 e. The smallest absolute Gasteiger partial charge is 0.331 e. The van der Waals surface area contributed by atoms with E-state index in [4.69, 9.17) is 9.72 Å². The second kappa shape index (κ2) is 7.16. The molecule has 2 aromatic rings. The number of hydrogen-bond acceptors (Lipinski definition) is 4. The van der Waals surface area contributed by atoms with E-state index in [0.29, 0.717) is 6.61 Å². The molecule has 0 radical (unpaired) electrons. The molecule has 22 heavy (non-hydrogen) atoms. The third kappa shape index (κ3) is 3.50. The highest BCUT2D eigenvalue weighted by Crippen LogP contribution is 2.20. The molecule has 0 aliphatic carbocycles. The van der Waals surface area contributed by atoms with Gasteiger partial charge in [0.2, 0.25) is 0 Å². The van der Waals surface area contributed by atoms with Crippen molar-refractivity contribution in [3.05, 3.63) is 41.2 Å². The Morgan fingerprint density at radius 3 is 2.32 bits per heavy atom. The monoisotopic (exact) mass is 298 g/mol. The maximum atomic E-state index is 11.5. The maximum Gasteiger partial charge on any atom is 0.331 e. The second-order valence-electron chi connectivity index (χ2n) is 5.11. The quantitative estimate of drug-likeness (QED) is 0.623. The molecule has 1 aromatic carbocycles. The molecule has 0 unspecified atom stereocenters. The molecule has 0 aliphatic heterocycles. The van der Waals surface area contributed by atoms with Crippen molar-refractivity contribution in [3.8, 4) is 0 Å². The lowest BCUT2D eigenvalue weighted by atomic mass is 10.1. The summed E-state index contributed by atoms with van der Waals surface area (Å²) in [5.41, 5.74) is 5.67. The number of hydrogen-bond donors (Lipinski definition) is 0. The zero-order valence-electron chi connectivity index (χ0n) is 13.6. The summed E-state index contributed by atoms with van der Waals surface area (Å²) in [5.74, 6) is -0.318. The summed E-state index contributed by atoms with van der Waals surface area (Å²) in [6, 6.07) is 5.90. The molecular weight excluding hydrogens is 276 g/mol. The first-order valence-corrected chi connectivity index (χ1v) is 7.74. The summed E-state index contributed by atoms with van der Waals surface area (Å²) in [4.78, 5) is 20.9. The third-order valence-corrected chi connectivity index (χ3v) is 3.57. The van der Waals surface area contributed by atoms with Crippen LogP contribution < -0.4 is 0 Å². The van der Waals surface area contributed by atoms with Crippen molar-refractivity contribution in [1.82, 2.24) is 9.97 Å². The highest BCUT2D eigenvalue weighted by Gasteiger charge is 2.08. The first-order chi connectivity index (χ1) is 10.6. The average molecular weight is 298 g/mol. The van der Waals surface area contributed by atoms with Gasteiger partial charge >= 0.3 is 5.97 Å². The summed E-state index contributed by atoms with van der Waals surface area (Å²) in [6.45, 7) is 8.25. The summed E-state index contributed by atoms with van der Waals surface area (Å²) in [7, 11) is 0. The SMILES string of the molecule is CCOC(=O)C=C(C)c1ccc2nc(CC)c(CC)nc2c1. The molecule has 4 nitrogen and oxygen atoms in total. The summed E-state index contributed by atoms with van der Waals surface area (Å²) >= 11 is 0. The predicted octanol–water partition coefficient (Wildman–Crippen LogP) is 3.72. The van der Waals surface area contributed by atoms with Gasteiger partial charge in [-0.05, 0) is 50.0 Å². The molecule has 1 aromatic heterocycles. The van der Waals surface area contributed by atoms with Crippen molar-refractivity contribution < 1.29 is 9.53 Å². The lowest BCUT2D eigenvalue weighted by molar-refractivity contribution is -0.137. The highest BCUT2D eigenvalue weighted by atomic mass is 16.5. The molecule has 0 N–H and O–H groups in total. The van der Waals surface area contributed by atoms with E-state index in [1.165, 1.54) is 6.08 Å². The van der Waals surface area contributed by atoms with Gasteiger partial charge in [-0.3, -0.25) is 0 Å². The van der Waals surface area contributed by atoms with Crippen molar-refractivity contribution in [2.45, 2.75) is 40.5 Å². The Kier molecular flexibility index (Phi) is 5.26. The van der Waals surface area contributed by atoms with Crippen LogP contribution in [0, 0.1) is 0 Å². The van der Waals surface area contributed by atoms with Crippen LogP contribution in [0.15, 0.2) is 24.3 Å². The largest absolute Gasteiger partial charge is 0.463 e. The maximum absolute atomic E-state index is 11.5. The molecule has 0 atom stereocenters. The van der Waals surface area contributed by atoms with Crippen LogP contribution in [0.25, 0.3) is 16.6 Å². The molecule has 116 valence electrons. The van der Waals surface area contributed by atoms with Crippen LogP contribution in [0.5, 0.6) is 0 Å². The minimum absolute atomic E-state index is 0.318. The number of aromatic nitrogens is 2. The normalized spacial score (nSPS) is 11.7. The number of allylic oxidation sites excluding steroid dienone is 1. The molecular formula is C18H22N2O2. The van der Waals surface area contributed by atoms with E-state index in [-0.39, 0.29) is 5.97 Å². The van der Waals surface area contributed by atoms with Crippen molar-refractivity contribution in [3.63, 3.8) is 0 Å². The number of carbonyl (C=O) groups is 1. The van der Waals surface area contributed by atoms with Crippen LogP contribution in [0.2, 0.25) is 0 Å². The molecule has 2 rings (SSSR count). The molecule has 0 fully saturated rings. The van der Waals surface area contributed by atoms with Gasteiger partial charge in [0, 0.05) is 6.08 Å². The topological polar surface area (TPSA) is 52.1 Å². The van der Waals surface area contributed by atoms with E-state index in [1.807, 2.05) is 25.1 Å². The van der Waals surface area contributed by atoms with Gasteiger partial charge in [0.1, 0.15) is 0 Å². The number of nitrogens with zero attached hydrogens (tertiary/aromatic N) is 2. The number of carbonyl (C=O) groups excluding carboxylic acids is 1. The van der Waals surface area contributed by atoms with Gasteiger partial charge in [0.25, 0.3) is 0 Å². The first kappa shape index (κ1) is 16.1. The standard InChI is InChI=1S/C18H22N2O2/c1-5-14-15(6-2)20-17-11-13(8-9-16(17)19-14)12(4)10-18(21)22-7-3/h8-11H,5-7H2,1-4H3. The molecule has 1 heterocycles. The van der Waals surface area contributed by atoms with E-state index >= 15 is 0 Å². The van der Waals surface area contributed by atoms with E-state index < -0.39 is 0 Å². The fourth-order valence-corrected chi connectivity index (χ4v) is 2.38. The third-order valence-electron chi connectivity index (χ3n) is 3.57. The minimum atomic E-state index is -0.318. The summed E-state index contributed by atoms with van der Waals surface area (Å²) in [6.07, 6.45) is 3.27. The number of aryl methyl sites for hydroxylation is 2. The van der Waals surface area contributed by atoms with Crippen molar-refractivity contribution in [1.29, 1.82) is 0 Å². The van der Waals surface area contributed by atoms with Crippen molar-refractivity contribution in [2.75, 3.05) is 6.61 Å². The lowest BCUT2D eigenvalue weighted by Crippen LogP contribution is -2.01. The van der Waals surface area contributed by atoms with Gasteiger partial charge in [-0.25, -0.2) is 14.8 Å². The number of benzene rings is 1. The van der Waals surface area contributed by atoms with Crippen LogP contribution in [0.3, 0.4) is 0 Å². The van der Waals surface area contributed by atoms with E-state index in [0.717, 1.165) is 46.4 Å². The molecule has 0 bridgehead atoms. The molecule has 0 amide bonds. The Morgan fingerprint density at radius 1 is 1.09 bits per heavy atom. The molecule has 0 saturated heterocycles. The van der Waals surface area contributed by atoms with Gasteiger partial charge < -0.3 is 4.74 Å². The van der Waals surface area contributed by atoms with E-state index in [1.54, 1.807) is 6.92 Å². The predicted molar refractivity (Wildman–Crippen MR) is 88.6 cm³/mol. The zero-order chi connectivity index (χ0) is 16.1. The Balaban J connectivity index is 2.43. The zero-order valence-corrected chi connectivity index (χ0v) is 13.6. The summed E-state index contributed by atoms with van der Waals surface area (Å²) < 4.78 is 4.94. The lowest BCUT2D eigenvalue weighted by Gasteiger charge is -2.08. The number of fused-ring (bicyclic) bond motifs is 1.